The molecule has 7 heteroatoms. The van der Waals surface area contributed by atoms with Gasteiger partial charge in [-0.25, -0.2) is 4.79 Å². The summed E-state index contributed by atoms with van der Waals surface area (Å²) in [6.45, 7) is 14.0. The second kappa shape index (κ2) is 6.95. The molecule has 2 saturated heterocycles. The molecule has 1 amide bonds. The van der Waals surface area contributed by atoms with Crippen LogP contribution in [0.25, 0.3) is 0 Å². The van der Waals surface area contributed by atoms with Gasteiger partial charge in [0.05, 0.1) is 12.3 Å². The quantitative estimate of drug-likeness (QED) is 0.395. The number of Topliss-reactive ketones (excluding diaryl/α,β-unsaturated/α-hetero) is 1. The van der Waals surface area contributed by atoms with Gasteiger partial charge in [-0.05, 0) is 31.1 Å². The standard InChI is InChI=1S/C23H32N2O4Si/c1-16-23(20(26)17-10-8-7-9-11-17)15-18(29-30(5,6)22(2,3)4)14-19(25(16)23)24-12-13-28-21(24)27/h7-11,14,16,19H,12-13,15H2,1-6H3/t16-,19-,23-,25?/m1/s1. The number of rotatable bonds is 5. The maximum Gasteiger partial charge on any atom is 0.411 e. The van der Waals surface area contributed by atoms with Gasteiger partial charge in [-0.1, -0.05) is 51.1 Å². The number of benzene rings is 1. The van der Waals surface area contributed by atoms with Gasteiger partial charge in [-0.2, -0.15) is 0 Å². The molecule has 4 atom stereocenters. The highest BCUT2D eigenvalue weighted by Crippen LogP contribution is 2.54. The van der Waals surface area contributed by atoms with Gasteiger partial charge < -0.3 is 9.16 Å². The summed E-state index contributed by atoms with van der Waals surface area (Å²) in [5, 5.41) is 0.0405. The van der Waals surface area contributed by atoms with Crippen LogP contribution in [-0.4, -0.2) is 60.9 Å². The van der Waals surface area contributed by atoms with Gasteiger partial charge >= 0.3 is 6.09 Å². The molecule has 1 aromatic carbocycles. The van der Waals surface area contributed by atoms with Crippen molar-refractivity contribution in [3.05, 3.63) is 47.7 Å². The molecule has 0 radical (unpaired) electrons. The minimum atomic E-state index is -2.09. The molecule has 1 unspecified atom stereocenters. The first-order chi connectivity index (χ1) is 14.0. The van der Waals surface area contributed by atoms with Crippen molar-refractivity contribution in [2.24, 2.45) is 0 Å². The lowest BCUT2D eigenvalue weighted by Gasteiger charge is -2.40. The van der Waals surface area contributed by atoms with Crippen molar-refractivity contribution in [2.75, 3.05) is 13.2 Å². The number of hydrogen-bond acceptors (Lipinski definition) is 5. The molecule has 6 nitrogen and oxygen atoms in total. The maximum atomic E-state index is 13.7. The highest BCUT2D eigenvalue weighted by atomic mass is 28.4. The highest BCUT2D eigenvalue weighted by Gasteiger charge is 2.70. The Labute approximate surface area is 180 Å². The summed E-state index contributed by atoms with van der Waals surface area (Å²) in [6, 6.07) is 9.45. The number of carbonyl (C=O) groups is 2. The topological polar surface area (TPSA) is 58.9 Å². The van der Waals surface area contributed by atoms with Gasteiger partial charge in [0.15, 0.2) is 5.78 Å². The molecule has 0 aliphatic carbocycles. The number of hydrogen-bond donors (Lipinski definition) is 0. The van der Waals surface area contributed by atoms with Crippen molar-refractivity contribution in [2.45, 2.75) is 70.0 Å². The molecular weight excluding hydrogens is 396 g/mol. The first-order valence-corrected chi connectivity index (χ1v) is 13.6. The van der Waals surface area contributed by atoms with Gasteiger partial charge in [-0.3, -0.25) is 14.6 Å². The van der Waals surface area contributed by atoms with E-state index in [1.165, 1.54) is 0 Å². The number of carbonyl (C=O) groups excluding carboxylic acids is 2. The number of cyclic esters (lactones) is 1. The van der Waals surface area contributed by atoms with E-state index in [4.69, 9.17) is 9.16 Å². The van der Waals surface area contributed by atoms with E-state index >= 15 is 0 Å². The fourth-order valence-electron chi connectivity index (χ4n) is 4.44. The summed E-state index contributed by atoms with van der Waals surface area (Å²) in [4.78, 5) is 29.9. The molecule has 0 saturated carbocycles. The zero-order valence-electron chi connectivity index (χ0n) is 18.8. The van der Waals surface area contributed by atoms with Crippen LogP contribution in [0.3, 0.4) is 0 Å². The number of nitrogens with zero attached hydrogens (tertiary/aromatic N) is 2. The predicted molar refractivity (Wildman–Crippen MR) is 118 cm³/mol. The van der Waals surface area contributed by atoms with Crippen LogP contribution in [0.4, 0.5) is 4.79 Å². The molecule has 0 aromatic heterocycles. The molecule has 3 heterocycles. The monoisotopic (exact) mass is 428 g/mol. The lowest BCUT2D eigenvalue weighted by Crippen LogP contribution is -2.49. The Morgan fingerprint density at radius 3 is 2.47 bits per heavy atom. The predicted octanol–water partition coefficient (Wildman–Crippen LogP) is 4.40. The van der Waals surface area contributed by atoms with E-state index in [0.29, 0.717) is 25.1 Å². The number of amides is 1. The van der Waals surface area contributed by atoms with Crippen molar-refractivity contribution >= 4 is 20.2 Å². The average molecular weight is 429 g/mol. The first-order valence-electron chi connectivity index (χ1n) is 10.7. The number of ether oxygens (including phenoxy) is 1. The van der Waals surface area contributed by atoms with E-state index in [-0.39, 0.29) is 29.1 Å². The van der Waals surface area contributed by atoms with Crippen LogP contribution in [0.5, 0.6) is 0 Å². The van der Waals surface area contributed by atoms with Crippen LogP contribution < -0.4 is 0 Å². The summed E-state index contributed by atoms with van der Waals surface area (Å²) in [5.74, 6) is 0.925. The smallest absolute Gasteiger partial charge is 0.411 e. The highest BCUT2D eigenvalue weighted by molar-refractivity contribution is 6.74. The van der Waals surface area contributed by atoms with E-state index in [1.807, 2.05) is 36.4 Å². The van der Waals surface area contributed by atoms with Crippen molar-refractivity contribution < 1.29 is 18.8 Å². The lowest BCUT2D eigenvalue weighted by molar-refractivity contribution is 0.0821. The third-order valence-corrected chi connectivity index (χ3v) is 11.7. The van der Waals surface area contributed by atoms with Gasteiger partial charge in [0.2, 0.25) is 8.32 Å². The van der Waals surface area contributed by atoms with Crippen LogP contribution in [0.2, 0.25) is 18.1 Å². The summed E-state index contributed by atoms with van der Waals surface area (Å²) in [5.41, 5.74) is 0.0182. The molecule has 30 heavy (non-hydrogen) atoms. The Hall–Kier alpha value is -2.12. The van der Waals surface area contributed by atoms with E-state index in [0.717, 1.165) is 5.76 Å². The van der Waals surface area contributed by atoms with Crippen LogP contribution >= 0.6 is 0 Å². The number of ketones is 1. The molecule has 2 fully saturated rings. The summed E-state index contributed by atoms with van der Waals surface area (Å²) in [6.07, 6.45) is 1.92. The van der Waals surface area contributed by atoms with Gasteiger partial charge in [0.1, 0.15) is 18.3 Å². The van der Waals surface area contributed by atoms with E-state index < -0.39 is 13.9 Å². The van der Waals surface area contributed by atoms with Crippen molar-refractivity contribution in [1.82, 2.24) is 9.80 Å². The molecule has 3 aliphatic heterocycles. The number of fused-ring (bicyclic) bond motifs is 1. The van der Waals surface area contributed by atoms with Gasteiger partial charge in [0.25, 0.3) is 0 Å². The molecule has 4 rings (SSSR count). The fourth-order valence-corrected chi connectivity index (χ4v) is 5.55. The first kappa shape index (κ1) is 21.1. The summed E-state index contributed by atoms with van der Waals surface area (Å²) in [7, 11) is -2.09. The molecule has 0 bridgehead atoms. The van der Waals surface area contributed by atoms with E-state index in [9.17, 15) is 9.59 Å². The molecular formula is C23H32N2O4Si. The Bertz CT molecular complexity index is 892. The minimum absolute atomic E-state index is 0.0142. The molecule has 1 aromatic rings. The van der Waals surface area contributed by atoms with Crippen LogP contribution in [0.1, 0.15) is 44.5 Å². The van der Waals surface area contributed by atoms with Crippen molar-refractivity contribution in [3.63, 3.8) is 0 Å². The zero-order valence-corrected chi connectivity index (χ0v) is 19.8. The second-order valence-corrected chi connectivity index (χ2v) is 14.8. The summed E-state index contributed by atoms with van der Waals surface area (Å²) >= 11 is 0. The molecule has 0 spiro atoms. The Balaban J connectivity index is 1.72. The third kappa shape index (κ3) is 3.19. The summed E-state index contributed by atoms with van der Waals surface area (Å²) < 4.78 is 11.9. The van der Waals surface area contributed by atoms with Crippen LogP contribution in [0.15, 0.2) is 42.2 Å². The lowest BCUT2D eigenvalue weighted by atomic mass is 9.89. The van der Waals surface area contributed by atoms with E-state index in [1.54, 1.807) is 4.90 Å². The van der Waals surface area contributed by atoms with Gasteiger partial charge in [-0.15, -0.1) is 0 Å². The Kier molecular flexibility index (Phi) is 4.90. The van der Waals surface area contributed by atoms with Crippen LogP contribution in [-0.2, 0) is 9.16 Å². The molecule has 0 N–H and O–H groups in total. The second-order valence-electron chi connectivity index (χ2n) is 10.1. The normalized spacial score (nSPS) is 31.0. The van der Waals surface area contributed by atoms with Crippen molar-refractivity contribution in [1.29, 1.82) is 0 Å². The SMILES string of the molecule is C[C@H]1N2[C@@H](N3CCOC3=O)C=C(O[Si](C)(C)C(C)(C)C)C[C@]12C(=O)c1ccccc1. The van der Waals surface area contributed by atoms with E-state index in [2.05, 4.69) is 45.7 Å². The zero-order chi connectivity index (χ0) is 21.9. The fraction of sp³-hybridized carbons (Fsp3) is 0.565. The Morgan fingerprint density at radius 2 is 1.90 bits per heavy atom. The third-order valence-electron chi connectivity index (χ3n) is 7.30. The van der Waals surface area contributed by atoms with Crippen molar-refractivity contribution in [3.8, 4) is 0 Å². The maximum absolute atomic E-state index is 13.7. The van der Waals surface area contributed by atoms with Gasteiger partial charge in [0, 0.05) is 18.0 Å². The van der Waals surface area contributed by atoms with Crippen LogP contribution in [0, 0.1) is 0 Å². The molecule has 162 valence electrons. The average Bonchev–Trinajstić information content (AvgIpc) is 3.04. The molecule has 3 aliphatic rings. The Morgan fingerprint density at radius 1 is 1.23 bits per heavy atom. The largest absolute Gasteiger partial charge is 0.547 e. The minimum Gasteiger partial charge on any atom is -0.547 e.